The van der Waals surface area contributed by atoms with Crippen LogP contribution < -0.4 is 10.1 Å². The van der Waals surface area contributed by atoms with Crippen molar-refractivity contribution in [2.75, 3.05) is 12.9 Å². The van der Waals surface area contributed by atoms with Crippen molar-refractivity contribution in [2.24, 2.45) is 0 Å². The van der Waals surface area contributed by atoms with E-state index in [1.165, 1.54) is 23.1 Å². The lowest BCUT2D eigenvalue weighted by Gasteiger charge is -2.08. The van der Waals surface area contributed by atoms with Gasteiger partial charge < -0.3 is 10.1 Å². The van der Waals surface area contributed by atoms with Crippen LogP contribution in [0.15, 0.2) is 59.9 Å². The number of hydrogen-bond donors (Lipinski definition) is 1. The molecule has 0 aliphatic rings. The smallest absolute Gasteiger partial charge is 0.224 e. The molecule has 0 fully saturated rings. The van der Waals surface area contributed by atoms with Crippen LogP contribution in [0.4, 0.5) is 0 Å². The van der Waals surface area contributed by atoms with Gasteiger partial charge in [0.15, 0.2) is 5.78 Å². The van der Waals surface area contributed by atoms with Crippen LogP contribution in [0.5, 0.6) is 5.75 Å². The molecular weight excluding hydrogens is 456 g/mol. The number of aromatic nitrogens is 3. The predicted octanol–water partition coefficient (Wildman–Crippen LogP) is 4.24. The second-order valence-corrected chi connectivity index (χ2v) is 9.38. The highest BCUT2D eigenvalue weighted by molar-refractivity contribution is 8.00. The fourth-order valence-electron chi connectivity index (χ4n) is 3.19. The summed E-state index contributed by atoms with van der Waals surface area (Å²) in [6, 6.07) is 13.0. The Morgan fingerprint density at radius 1 is 1.09 bits per heavy atom. The zero-order chi connectivity index (χ0) is 23.2. The Labute approximate surface area is 199 Å². The van der Waals surface area contributed by atoms with E-state index in [-0.39, 0.29) is 17.4 Å². The van der Waals surface area contributed by atoms with Gasteiger partial charge >= 0.3 is 0 Å². The largest absolute Gasteiger partial charge is 0.497 e. The molecule has 0 atom stereocenters. The summed E-state index contributed by atoms with van der Waals surface area (Å²) < 4.78 is 5.32. The topological polar surface area (TPSA) is 94.1 Å². The van der Waals surface area contributed by atoms with Gasteiger partial charge in [0.05, 0.1) is 36.2 Å². The number of ether oxygens (including phenoxy) is 1. The number of fused-ring (bicyclic) bond motifs is 1. The second kappa shape index (κ2) is 10.5. The van der Waals surface area contributed by atoms with Crippen molar-refractivity contribution in [3.8, 4) is 5.75 Å². The van der Waals surface area contributed by atoms with Crippen LogP contribution in [0.3, 0.4) is 0 Å². The average molecular weight is 479 g/mol. The molecule has 0 spiro atoms. The van der Waals surface area contributed by atoms with Crippen LogP contribution in [0.25, 0.3) is 10.9 Å². The molecule has 4 aromatic rings. The number of thioether (sulfide) groups is 1. The van der Waals surface area contributed by atoms with E-state index in [1.54, 1.807) is 19.5 Å². The zero-order valence-corrected chi connectivity index (χ0v) is 19.8. The van der Waals surface area contributed by atoms with E-state index < -0.39 is 0 Å². The van der Waals surface area contributed by atoms with E-state index in [4.69, 9.17) is 4.74 Å². The SMILES string of the molecule is COc1ccc2nc(C)nc(SCC(=O)c3ccc(CNC(=O)Cc4ccncc4)s3)c2c1. The van der Waals surface area contributed by atoms with Crippen LogP contribution in [0.2, 0.25) is 0 Å². The molecule has 3 aromatic heterocycles. The molecule has 168 valence electrons. The molecule has 1 amide bonds. The maximum Gasteiger partial charge on any atom is 0.224 e. The Hall–Kier alpha value is -3.30. The highest BCUT2D eigenvalue weighted by Gasteiger charge is 2.14. The summed E-state index contributed by atoms with van der Waals surface area (Å²) in [7, 11) is 1.61. The van der Waals surface area contributed by atoms with Crippen molar-refractivity contribution >= 4 is 45.7 Å². The first-order chi connectivity index (χ1) is 16.0. The van der Waals surface area contributed by atoms with Crippen molar-refractivity contribution in [2.45, 2.75) is 24.9 Å². The van der Waals surface area contributed by atoms with Gasteiger partial charge in [0.1, 0.15) is 16.6 Å². The zero-order valence-electron chi connectivity index (χ0n) is 18.2. The monoisotopic (exact) mass is 478 g/mol. The summed E-state index contributed by atoms with van der Waals surface area (Å²) in [6.07, 6.45) is 3.63. The molecule has 0 aliphatic carbocycles. The molecule has 0 bridgehead atoms. The number of hydrogen-bond acceptors (Lipinski definition) is 8. The Kier molecular flexibility index (Phi) is 7.31. The van der Waals surface area contributed by atoms with Crippen LogP contribution in [0.1, 0.15) is 25.9 Å². The fourth-order valence-corrected chi connectivity index (χ4v) is 5.10. The number of Topliss-reactive ketones (excluding diaryl/α,β-unsaturated/α-hetero) is 1. The maximum absolute atomic E-state index is 12.8. The number of aryl methyl sites for hydroxylation is 1. The molecule has 9 heteroatoms. The van der Waals surface area contributed by atoms with Gasteiger partial charge in [-0.25, -0.2) is 9.97 Å². The summed E-state index contributed by atoms with van der Waals surface area (Å²) in [5.41, 5.74) is 1.73. The minimum Gasteiger partial charge on any atom is -0.497 e. The third kappa shape index (κ3) is 5.94. The molecule has 0 unspecified atom stereocenters. The summed E-state index contributed by atoms with van der Waals surface area (Å²) in [4.78, 5) is 39.5. The second-order valence-electron chi connectivity index (χ2n) is 7.25. The Bertz CT molecular complexity index is 1290. The number of rotatable bonds is 9. The molecule has 33 heavy (non-hydrogen) atoms. The number of ketones is 1. The Morgan fingerprint density at radius 2 is 1.91 bits per heavy atom. The minimum atomic E-state index is -0.0699. The van der Waals surface area contributed by atoms with Crippen molar-refractivity contribution in [3.05, 3.63) is 76.0 Å². The number of carbonyl (C=O) groups excluding carboxylic acids is 2. The van der Waals surface area contributed by atoms with Gasteiger partial charge in [-0.05, 0) is 55.0 Å². The molecule has 1 aromatic carbocycles. The first-order valence-corrected chi connectivity index (χ1v) is 12.0. The Balaban J connectivity index is 1.36. The molecule has 0 aliphatic heterocycles. The van der Waals surface area contributed by atoms with E-state index in [1.807, 2.05) is 49.4 Å². The minimum absolute atomic E-state index is 0.0201. The van der Waals surface area contributed by atoms with Gasteiger partial charge in [-0.15, -0.1) is 11.3 Å². The van der Waals surface area contributed by atoms with Gasteiger partial charge in [0.2, 0.25) is 5.91 Å². The first-order valence-electron chi connectivity index (χ1n) is 10.2. The molecular formula is C24H22N4O3S2. The van der Waals surface area contributed by atoms with Gasteiger partial charge in [-0.2, -0.15) is 0 Å². The van der Waals surface area contributed by atoms with Crippen molar-refractivity contribution in [3.63, 3.8) is 0 Å². The highest BCUT2D eigenvalue weighted by atomic mass is 32.2. The standard InChI is InChI=1S/C24H22N4O3S2/c1-15-27-20-5-3-17(31-2)12-19(20)24(28-15)32-14-21(29)22-6-4-18(33-22)13-26-23(30)11-16-7-9-25-10-8-16/h3-10,12H,11,13-14H2,1-2H3,(H,26,30). The number of pyridine rings is 1. The highest BCUT2D eigenvalue weighted by Crippen LogP contribution is 2.29. The van der Waals surface area contributed by atoms with E-state index >= 15 is 0 Å². The van der Waals surface area contributed by atoms with Gasteiger partial charge in [-0.1, -0.05) is 11.8 Å². The summed E-state index contributed by atoms with van der Waals surface area (Å²) >= 11 is 2.79. The van der Waals surface area contributed by atoms with Gasteiger partial charge in [0, 0.05) is 22.7 Å². The summed E-state index contributed by atoms with van der Waals surface area (Å²) in [5, 5.41) is 4.52. The normalized spacial score (nSPS) is 10.8. The van der Waals surface area contributed by atoms with Crippen LogP contribution in [-0.2, 0) is 17.8 Å². The molecule has 3 heterocycles. The number of nitrogens with one attached hydrogen (secondary N) is 1. The van der Waals surface area contributed by atoms with E-state index in [2.05, 4.69) is 20.3 Å². The fraction of sp³-hybridized carbons (Fsp3) is 0.208. The van der Waals surface area contributed by atoms with Crippen molar-refractivity contribution < 1.29 is 14.3 Å². The third-order valence-electron chi connectivity index (χ3n) is 4.83. The number of benzene rings is 1. The number of methoxy groups -OCH3 is 1. The lowest BCUT2D eigenvalue weighted by Crippen LogP contribution is -2.24. The molecule has 0 saturated carbocycles. The van der Waals surface area contributed by atoms with Crippen molar-refractivity contribution in [1.82, 2.24) is 20.3 Å². The van der Waals surface area contributed by atoms with E-state index in [0.717, 1.165) is 32.1 Å². The molecule has 0 saturated heterocycles. The molecule has 0 radical (unpaired) electrons. The van der Waals surface area contributed by atoms with Gasteiger partial charge in [-0.3, -0.25) is 14.6 Å². The van der Waals surface area contributed by atoms with Crippen LogP contribution in [0, 0.1) is 6.92 Å². The van der Waals surface area contributed by atoms with Crippen LogP contribution in [-0.4, -0.2) is 39.5 Å². The Morgan fingerprint density at radius 3 is 2.70 bits per heavy atom. The summed E-state index contributed by atoms with van der Waals surface area (Å²) in [6.45, 7) is 2.23. The maximum atomic E-state index is 12.8. The number of amides is 1. The number of nitrogens with zero attached hydrogens (tertiary/aromatic N) is 3. The predicted molar refractivity (Wildman–Crippen MR) is 130 cm³/mol. The first kappa shape index (κ1) is 22.9. The third-order valence-corrected chi connectivity index (χ3v) is 6.95. The number of carbonyl (C=O) groups is 2. The lowest BCUT2D eigenvalue weighted by molar-refractivity contribution is -0.120. The summed E-state index contributed by atoms with van der Waals surface area (Å²) in [5.74, 6) is 1.59. The lowest BCUT2D eigenvalue weighted by atomic mass is 10.2. The van der Waals surface area contributed by atoms with Gasteiger partial charge in [0.25, 0.3) is 0 Å². The van der Waals surface area contributed by atoms with E-state index in [9.17, 15) is 9.59 Å². The van der Waals surface area contributed by atoms with E-state index in [0.29, 0.717) is 23.7 Å². The average Bonchev–Trinajstić information content (AvgIpc) is 3.30. The molecule has 7 nitrogen and oxygen atoms in total. The van der Waals surface area contributed by atoms with Crippen molar-refractivity contribution in [1.29, 1.82) is 0 Å². The molecule has 1 N–H and O–H groups in total. The quantitative estimate of drug-likeness (QED) is 0.218. The van der Waals surface area contributed by atoms with Crippen LogP contribution >= 0.6 is 23.1 Å². The number of thiophene rings is 1. The molecule has 4 rings (SSSR count).